The van der Waals surface area contributed by atoms with Gasteiger partial charge >= 0.3 is 5.97 Å². The van der Waals surface area contributed by atoms with Crippen molar-refractivity contribution in [3.8, 4) is 16.3 Å². The molecule has 0 unspecified atom stereocenters. The number of phenols is 1. The summed E-state index contributed by atoms with van der Waals surface area (Å²) in [5, 5.41) is 23.7. The molecule has 0 spiro atoms. The lowest BCUT2D eigenvalue weighted by molar-refractivity contribution is 0.0697. The van der Waals surface area contributed by atoms with Gasteiger partial charge in [-0.1, -0.05) is 6.07 Å². The largest absolute Gasteiger partial charge is 0.507 e. The Hall–Kier alpha value is -2.34. The second-order valence-electron chi connectivity index (χ2n) is 4.14. The molecule has 5 nitrogen and oxygen atoms in total. The molecule has 2 heterocycles. The number of fused-ring (bicyclic) bond motifs is 1. The standard InChI is InChI=1S/C13H10N2O3S/c1-15-12(8(6-14-15)13(17)18)11-5-7-9(16)3-2-4-10(7)19-11/h2-6,16H,1H3,(H,17,18). The molecule has 6 heteroatoms. The van der Waals surface area contributed by atoms with Crippen molar-refractivity contribution in [2.24, 2.45) is 7.05 Å². The Kier molecular flexibility index (Phi) is 2.53. The highest BCUT2D eigenvalue weighted by Gasteiger charge is 2.19. The highest BCUT2D eigenvalue weighted by Crippen LogP contribution is 2.38. The molecule has 3 aromatic rings. The van der Waals surface area contributed by atoms with Crippen LogP contribution in [0, 0.1) is 0 Å². The maximum Gasteiger partial charge on any atom is 0.339 e. The number of nitrogens with zero attached hydrogens (tertiary/aromatic N) is 2. The highest BCUT2D eigenvalue weighted by molar-refractivity contribution is 7.22. The molecule has 2 aromatic heterocycles. The van der Waals surface area contributed by atoms with Crippen LogP contribution in [0.2, 0.25) is 0 Å². The van der Waals surface area contributed by atoms with Crippen LogP contribution in [0.15, 0.2) is 30.5 Å². The van der Waals surface area contributed by atoms with Gasteiger partial charge in [-0.05, 0) is 18.2 Å². The molecule has 0 fully saturated rings. The average molecular weight is 274 g/mol. The van der Waals surface area contributed by atoms with Gasteiger partial charge in [-0.25, -0.2) is 4.79 Å². The van der Waals surface area contributed by atoms with Crippen LogP contribution in [0.25, 0.3) is 20.7 Å². The monoisotopic (exact) mass is 274 g/mol. The van der Waals surface area contributed by atoms with Crippen molar-refractivity contribution in [2.45, 2.75) is 0 Å². The molecule has 0 aliphatic carbocycles. The summed E-state index contributed by atoms with van der Waals surface area (Å²) in [5.74, 6) is -0.816. The van der Waals surface area contributed by atoms with Gasteiger partial charge < -0.3 is 10.2 Å². The molecule has 3 rings (SSSR count). The van der Waals surface area contributed by atoms with Gasteiger partial charge in [-0.3, -0.25) is 4.68 Å². The summed E-state index contributed by atoms with van der Waals surface area (Å²) in [4.78, 5) is 12.0. The predicted molar refractivity (Wildman–Crippen MR) is 72.7 cm³/mol. The third kappa shape index (κ3) is 1.77. The third-order valence-corrected chi connectivity index (χ3v) is 4.05. The van der Waals surface area contributed by atoms with E-state index in [2.05, 4.69) is 5.10 Å². The molecular weight excluding hydrogens is 264 g/mol. The zero-order valence-electron chi connectivity index (χ0n) is 9.99. The molecule has 19 heavy (non-hydrogen) atoms. The average Bonchev–Trinajstić information content (AvgIpc) is 2.92. The van der Waals surface area contributed by atoms with Gasteiger partial charge in [-0.2, -0.15) is 5.10 Å². The number of carboxylic acids is 1. The van der Waals surface area contributed by atoms with Gasteiger partial charge in [0, 0.05) is 17.1 Å². The zero-order valence-corrected chi connectivity index (χ0v) is 10.8. The Labute approximate surface area is 112 Å². The van der Waals surface area contributed by atoms with Crippen molar-refractivity contribution < 1.29 is 15.0 Å². The Bertz CT molecular complexity index is 788. The third-order valence-electron chi connectivity index (χ3n) is 2.94. The van der Waals surface area contributed by atoms with E-state index in [0.29, 0.717) is 5.69 Å². The van der Waals surface area contributed by atoms with Gasteiger partial charge in [0.15, 0.2) is 0 Å². The molecule has 0 aliphatic heterocycles. The van der Waals surface area contributed by atoms with Crippen LogP contribution >= 0.6 is 11.3 Å². The van der Waals surface area contributed by atoms with Crippen molar-refractivity contribution in [1.29, 1.82) is 0 Å². The van der Waals surface area contributed by atoms with E-state index in [9.17, 15) is 15.0 Å². The number of phenolic OH excluding ortho intramolecular Hbond substituents is 1. The number of rotatable bonds is 2. The topological polar surface area (TPSA) is 75.4 Å². The number of carboxylic acid groups (broad SMARTS) is 1. The molecule has 0 atom stereocenters. The van der Waals surface area contributed by atoms with E-state index < -0.39 is 5.97 Å². The van der Waals surface area contributed by atoms with Crippen LogP contribution in [-0.4, -0.2) is 26.0 Å². The van der Waals surface area contributed by atoms with Crippen LogP contribution in [-0.2, 0) is 7.05 Å². The summed E-state index contributed by atoms with van der Waals surface area (Å²) in [5.41, 5.74) is 0.710. The van der Waals surface area contributed by atoms with Gasteiger partial charge in [-0.15, -0.1) is 11.3 Å². The number of thiophene rings is 1. The Balaban J connectivity index is 2.28. The number of aromatic hydroxyl groups is 1. The molecule has 96 valence electrons. The normalized spacial score (nSPS) is 11.0. The fourth-order valence-electron chi connectivity index (χ4n) is 2.05. The maximum atomic E-state index is 11.2. The summed E-state index contributed by atoms with van der Waals surface area (Å²) >= 11 is 1.43. The number of benzene rings is 1. The van der Waals surface area contributed by atoms with Gasteiger partial charge in [0.05, 0.1) is 16.8 Å². The minimum absolute atomic E-state index is 0.161. The van der Waals surface area contributed by atoms with Gasteiger partial charge in [0.1, 0.15) is 11.3 Å². The molecule has 0 bridgehead atoms. The quantitative estimate of drug-likeness (QED) is 0.753. The lowest BCUT2D eigenvalue weighted by Crippen LogP contribution is -1.99. The predicted octanol–water partition coefficient (Wildman–Crippen LogP) is 2.71. The van der Waals surface area contributed by atoms with Crippen molar-refractivity contribution in [3.63, 3.8) is 0 Å². The SMILES string of the molecule is Cn1ncc(C(=O)O)c1-c1cc2c(O)cccc2s1. The van der Waals surface area contributed by atoms with E-state index in [4.69, 9.17) is 0 Å². The number of carbonyl (C=O) groups is 1. The van der Waals surface area contributed by atoms with Crippen molar-refractivity contribution in [3.05, 3.63) is 36.0 Å². The number of hydrogen-bond donors (Lipinski definition) is 2. The van der Waals surface area contributed by atoms with Gasteiger partial charge in [0.25, 0.3) is 0 Å². The van der Waals surface area contributed by atoms with E-state index in [1.54, 1.807) is 25.2 Å². The van der Waals surface area contributed by atoms with Crippen molar-refractivity contribution in [1.82, 2.24) is 9.78 Å². The second-order valence-corrected chi connectivity index (χ2v) is 5.22. The van der Waals surface area contributed by atoms with E-state index in [1.807, 2.05) is 6.07 Å². The highest BCUT2D eigenvalue weighted by atomic mass is 32.1. The molecule has 0 radical (unpaired) electrons. The van der Waals surface area contributed by atoms with Crippen LogP contribution in [0.3, 0.4) is 0 Å². The molecule has 2 N–H and O–H groups in total. The van der Waals surface area contributed by atoms with Crippen LogP contribution in [0.1, 0.15) is 10.4 Å². The first-order chi connectivity index (χ1) is 9.08. The fraction of sp³-hybridized carbons (Fsp3) is 0.0769. The molecule has 0 aliphatic rings. The second kappa shape index (κ2) is 4.10. The van der Waals surface area contributed by atoms with Crippen LogP contribution < -0.4 is 0 Å². The summed E-state index contributed by atoms with van der Waals surface area (Å²) < 4.78 is 2.44. The van der Waals surface area contributed by atoms with E-state index in [-0.39, 0.29) is 11.3 Å². The summed E-state index contributed by atoms with van der Waals surface area (Å²) in [6, 6.07) is 7.05. The maximum absolute atomic E-state index is 11.2. The Morgan fingerprint density at radius 2 is 2.21 bits per heavy atom. The number of aryl methyl sites for hydroxylation is 1. The minimum atomic E-state index is -1.01. The number of hydrogen-bond acceptors (Lipinski definition) is 4. The molecular formula is C13H10N2O3S. The Morgan fingerprint density at radius 3 is 2.89 bits per heavy atom. The summed E-state index contributed by atoms with van der Waals surface area (Å²) in [6.45, 7) is 0. The smallest absolute Gasteiger partial charge is 0.339 e. The van der Waals surface area contributed by atoms with E-state index in [0.717, 1.165) is 15.0 Å². The first kappa shape index (κ1) is 11.7. The van der Waals surface area contributed by atoms with Crippen molar-refractivity contribution >= 4 is 27.4 Å². The van der Waals surface area contributed by atoms with E-state index >= 15 is 0 Å². The van der Waals surface area contributed by atoms with E-state index in [1.165, 1.54) is 22.2 Å². The lowest BCUT2D eigenvalue weighted by Gasteiger charge is -1.99. The molecule has 1 aromatic carbocycles. The number of aromatic carboxylic acids is 1. The molecule has 0 amide bonds. The minimum Gasteiger partial charge on any atom is -0.507 e. The Morgan fingerprint density at radius 1 is 1.42 bits per heavy atom. The first-order valence-electron chi connectivity index (χ1n) is 5.55. The fourth-order valence-corrected chi connectivity index (χ4v) is 3.22. The molecule has 0 saturated carbocycles. The zero-order chi connectivity index (χ0) is 13.6. The summed E-state index contributed by atoms with van der Waals surface area (Å²) in [6.07, 6.45) is 1.34. The lowest BCUT2D eigenvalue weighted by atomic mass is 10.2. The van der Waals surface area contributed by atoms with Crippen LogP contribution in [0.4, 0.5) is 0 Å². The first-order valence-corrected chi connectivity index (χ1v) is 6.37. The van der Waals surface area contributed by atoms with Gasteiger partial charge in [0.2, 0.25) is 0 Å². The van der Waals surface area contributed by atoms with Crippen molar-refractivity contribution in [2.75, 3.05) is 0 Å². The number of aromatic nitrogens is 2. The van der Waals surface area contributed by atoms with Crippen LogP contribution in [0.5, 0.6) is 5.75 Å². The molecule has 0 saturated heterocycles. The summed E-state index contributed by atoms with van der Waals surface area (Å²) in [7, 11) is 1.70.